The smallest absolute Gasteiger partial charge is 0.254 e. The lowest BCUT2D eigenvalue weighted by Crippen LogP contribution is -2.37. The van der Waals surface area contributed by atoms with Crippen LogP contribution in [0.1, 0.15) is 38.1 Å². The Morgan fingerprint density at radius 3 is 2.06 bits per heavy atom. The van der Waals surface area contributed by atoms with Crippen LogP contribution in [0.2, 0.25) is 0 Å². The fourth-order valence-electron chi connectivity index (χ4n) is 1.93. The molecule has 1 aromatic rings. The molecule has 1 aromatic carbocycles. The summed E-state index contributed by atoms with van der Waals surface area (Å²) in [6.45, 7) is 10.2. The van der Waals surface area contributed by atoms with Crippen LogP contribution in [0.15, 0.2) is 24.3 Å². The highest BCUT2D eigenvalue weighted by Crippen LogP contribution is 2.16. The van der Waals surface area contributed by atoms with Gasteiger partial charge in [-0.15, -0.1) is 0 Å². The molecule has 1 amide bonds. The third-order valence-electron chi connectivity index (χ3n) is 2.56. The van der Waals surface area contributed by atoms with Crippen molar-refractivity contribution in [1.82, 2.24) is 4.90 Å². The van der Waals surface area contributed by atoms with Crippen LogP contribution in [0.3, 0.4) is 0 Å². The van der Waals surface area contributed by atoms with Crippen molar-refractivity contribution in [3.8, 4) is 0 Å². The average molecular weight is 359 g/mol. The third kappa shape index (κ3) is 4.59. The Kier molecular flexibility index (Phi) is 6.12. The Hall–Kier alpha value is -0.580. The SMILES string of the molecule is CC(C)CN(CC(C)C)C(=O)c1ccccc1I. The van der Waals surface area contributed by atoms with Crippen LogP contribution in [0.25, 0.3) is 0 Å². The van der Waals surface area contributed by atoms with Crippen molar-refractivity contribution in [2.24, 2.45) is 11.8 Å². The predicted molar refractivity (Wildman–Crippen MR) is 84.7 cm³/mol. The van der Waals surface area contributed by atoms with E-state index < -0.39 is 0 Å². The molecular weight excluding hydrogens is 337 g/mol. The van der Waals surface area contributed by atoms with Gasteiger partial charge in [-0.25, -0.2) is 0 Å². The van der Waals surface area contributed by atoms with Gasteiger partial charge in [-0.3, -0.25) is 4.79 Å². The standard InChI is InChI=1S/C15H22INO/c1-11(2)9-17(10-12(3)4)15(18)13-7-5-6-8-14(13)16/h5-8,11-12H,9-10H2,1-4H3. The zero-order valence-electron chi connectivity index (χ0n) is 11.6. The normalized spacial score (nSPS) is 11.1. The van der Waals surface area contributed by atoms with Crippen LogP contribution in [0.4, 0.5) is 0 Å². The number of benzene rings is 1. The van der Waals surface area contributed by atoms with Gasteiger partial charge < -0.3 is 4.90 Å². The summed E-state index contributed by atoms with van der Waals surface area (Å²) in [6, 6.07) is 7.79. The molecule has 0 aliphatic rings. The molecule has 0 heterocycles. The van der Waals surface area contributed by atoms with Gasteiger partial charge in [0, 0.05) is 16.7 Å². The zero-order chi connectivity index (χ0) is 13.7. The predicted octanol–water partition coefficient (Wildman–Crippen LogP) is 4.05. The minimum atomic E-state index is 0.155. The Balaban J connectivity index is 2.91. The van der Waals surface area contributed by atoms with E-state index in [1.807, 2.05) is 29.2 Å². The molecule has 0 N–H and O–H groups in total. The van der Waals surface area contributed by atoms with Gasteiger partial charge in [0.25, 0.3) is 5.91 Å². The molecule has 2 nitrogen and oxygen atoms in total. The van der Waals surface area contributed by atoms with Crippen molar-refractivity contribution >= 4 is 28.5 Å². The molecule has 3 heteroatoms. The van der Waals surface area contributed by atoms with Gasteiger partial charge in [0.2, 0.25) is 0 Å². The van der Waals surface area contributed by atoms with E-state index >= 15 is 0 Å². The van der Waals surface area contributed by atoms with Crippen molar-refractivity contribution in [3.63, 3.8) is 0 Å². The second-order valence-electron chi connectivity index (χ2n) is 5.48. The number of rotatable bonds is 5. The summed E-state index contributed by atoms with van der Waals surface area (Å²) in [4.78, 5) is 14.5. The highest BCUT2D eigenvalue weighted by Gasteiger charge is 2.19. The van der Waals surface area contributed by atoms with E-state index in [-0.39, 0.29) is 5.91 Å². The maximum absolute atomic E-state index is 12.6. The second kappa shape index (κ2) is 7.12. The summed E-state index contributed by atoms with van der Waals surface area (Å²) in [7, 11) is 0. The number of carbonyl (C=O) groups excluding carboxylic acids is 1. The summed E-state index contributed by atoms with van der Waals surface area (Å²) in [5, 5.41) is 0. The average Bonchev–Trinajstić information content (AvgIpc) is 2.26. The highest BCUT2D eigenvalue weighted by atomic mass is 127. The van der Waals surface area contributed by atoms with E-state index in [0.29, 0.717) is 11.8 Å². The number of amides is 1. The van der Waals surface area contributed by atoms with Gasteiger partial charge in [0.1, 0.15) is 0 Å². The van der Waals surface area contributed by atoms with E-state index in [0.717, 1.165) is 22.2 Å². The third-order valence-corrected chi connectivity index (χ3v) is 3.50. The number of hydrogen-bond donors (Lipinski definition) is 0. The minimum absolute atomic E-state index is 0.155. The monoisotopic (exact) mass is 359 g/mol. The van der Waals surface area contributed by atoms with Gasteiger partial charge in [-0.05, 0) is 46.6 Å². The lowest BCUT2D eigenvalue weighted by atomic mass is 10.1. The van der Waals surface area contributed by atoms with Crippen LogP contribution in [0, 0.1) is 15.4 Å². The quantitative estimate of drug-likeness (QED) is 0.727. The fourth-order valence-corrected chi connectivity index (χ4v) is 2.55. The van der Waals surface area contributed by atoms with Crippen LogP contribution >= 0.6 is 22.6 Å². The molecule has 0 aliphatic heterocycles. The van der Waals surface area contributed by atoms with Crippen molar-refractivity contribution in [1.29, 1.82) is 0 Å². The van der Waals surface area contributed by atoms with E-state index in [9.17, 15) is 4.79 Å². The van der Waals surface area contributed by atoms with Crippen LogP contribution in [0.5, 0.6) is 0 Å². The number of carbonyl (C=O) groups is 1. The summed E-state index contributed by atoms with van der Waals surface area (Å²) in [5.74, 6) is 1.14. The molecule has 0 unspecified atom stereocenters. The number of nitrogens with zero attached hydrogens (tertiary/aromatic N) is 1. The second-order valence-corrected chi connectivity index (χ2v) is 6.64. The maximum atomic E-state index is 12.6. The first kappa shape index (κ1) is 15.5. The first-order valence-electron chi connectivity index (χ1n) is 6.45. The van der Waals surface area contributed by atoms with Crippen LogP contribution in [-0.2, 0) is 0 Å². The van der Waals surface area contributed by atoms with E-state index in [1.54, 1.807) is 0 Å². The zero-order valence-corrected chi connectivity index (χ0v) is 13.8. The van der Waals surface area contributed by atoms with Gasteiger partial charge >= 0.3 is 0 Å². The Bertz CT molecular complexity index is 391. The van der Waals surface area contributed by atoms with Crippen LogP contribution < -0.4 is 0 Å². The molecular formula is C15H22INO. The summed E-state index contributed by atoms with van der Waals surface area (Å²) in [5.41, 5.74) is 0.819. The topological polar surface area (TPSA) is 20.3 Å². The van der Waals surface area contributed by atoms with Gasteiger partial charge in [-0.2, -0.15) is 0 Å². The lowest BCUT2D eigenvalue weighted by molar-refractivity contribution is 0.0714. The Morgan fingerprint density at radius 2 is 1.61 bits per heavy atom. The van der Waals surface area contributed by atoms with Crippen LogP contribution in [-0.4, -0.2) is 23.9 Å². The first-order valence-corrected chi connectivity index (χ1v) is 7.53. The molecule has 0 aromatic heterocycles. The number of hydrogen-bond acceptors (Lipinski definition) is 1. The molecule has 0 fully saturated rings. The molecule has 0 atom stereocenters. The van der Waals surface area contributed by atoms with Gasteiger partial charge in [0.05, 0.1) is 5.56 Å². The van der Waals surface area contributed by atoms with Crippen molar-refractivity contribution in [3.05, 3.63) is 33.4 Å². The molecule has 100 valence electrons. The largest absolute Gasteiger partial charge is 0.338 e. The molecule has 0 bridgehead atoms. The molecule has 18 heavy (non-hydrogen) atoms. The molecule has 1 rings (SSSR count). The molecule has 0 saturated heterocycles. The summed E-state index contributed by atoms with van der Waals surface area (Å²) < 4.78 is 1.03. The highest BCUT2D eigenvalue weighted by molar-refractivity contribution is 14.1. The molecule has 0 radical (unpaired) electrons. The van der Waals surface area contributed by atoms with Gasteiger partial charge in [0.15, 0.2) is 0 Å². The number of halogens is 1. The summed E-state index contributed by atoms with van der Waals surface area (Å²) >= 11 is 2.23. The summed E-state index contributed by atoms with van der Waals surface area (Å²) in [6.07, 6.45) is 0. The Labute approximate surface area is 124 Å². The first-order chi connectivity index (χ1) is 8.41. The fraction of sp³-hybridized carbons (Fsp3) is 0.533. The minimum Gasteiger partial charge on any atom is -0.338 e. The van der Waals surface area contributed by atoms with Crippen molar-refractivity contribution in [2.75, 3.05) is 13.1 Å². The van der Waals surface area contributed by atoms with E-state index in [2.05, 4.69) is 50.3 Å². The van der Waals surface area contributed by atoms with Crippen molar-refractivity contribution in [2.45, 2.75) is 27.7 Å². The van der Waals surface area contributed by atoms with E-state index in [4.69, 9.17) is 0 Å². The maximum Gasteiger partial charge on any atom is 0.254 e. The Morgan fingerprint density at radius 1 is 1.11 bits per heavy atom. The molecule has 0 aliphatic carbocycles. The molecule has 0 saturated carbocycles. The van der Waals surface area contributed by atoms with Crippen molar-refractivity contribution < 1.29 is 4.79 Å². The van der Waals surface area contributed by atoms with E-state index in [1.165, 1.54) is 0 Å². The lowest BCUT2D eigenvalue weighted by Gasteiger charge is -2.26. The van der Waals surface area contributed by atoms with Gasteiger partial charge in [-0.1, -0.05) is 39.8 Å². The molecule has 0 spiro atoms.